The first-order chi connectivity index (χ1) is 6.18. The molecule has 0 spiro atoms. The monoisotopic (exact) mass is 246 g/mol. The molecule has 0 bridgehead atoms. The van der Waals surface area contributed by atoms with Gasteiger partial charge < -0.3 is 4.40 Å². The Labute approximate surface area is 81.3 Å². The van der Waals surface area contributed by atoms with Gasteiger partial charge in [0.2, 0.25) is 0 Å². The summed E-state index contributed by atoms with van der Waals surface area (Å²) in [4.78, 5) is 3.99. The van der Waals surface area contributed by atoms with E-state index in [9.17, 15) is 8.78 Å². The van der Waals surface area contributed by atoms with Crippen molar-refractivity contribution in [3.63, 3.8) is 0 Å². The number of hydrogen-bond acceptors (Lipinski definition) is 1. The zero-order chi connectivity index (χ0) is 9.42. The van der Waals surface area contributed by atoms with Crippen LogP contribution in [-0.4, -0.2) is 9.38 Å². The molecule has 2 nitrogen and oxygen atoms in total. The molecule has 0 aliphatic carbocycles. The highest BCUT2D eigenvalue weighted by Crippen LogP contribution is 2.24. The lowest BCUT2D eigenvalue weighted by molar-refractivity contribution is 0.151. The number of hydrogen-bond donors (Lipinski definition) is 0. The van der Waals surface area contributed by atoms with E-state index in [4.69, 9.17) is 0 Å². The van der Waals surface area contributed by atoms with Gasteiger partial charge in [-0.1, -0.05) is 0 Å². The fraction of sp³-hybridized carbons (Fsp3) is 0.125. The lowest BCUT2D eigenvalue weighted by atomic mass is 10.3. The average Bonchev–Trinajstić information content (AvgIpc) is 2.51. The standard InChI is InChI=1S/C8H5BrF2N2/c9-6-3-5(7(10)11)4-13-2-1-12-8(6)13/h1-4,7H. The molecular formula is C8H5BrF2N2. The molecule has 0 aliphatic rings. The van der Waals surface area contributed by atoms with Gasteiger partial charge in [-0.25, -0.2) is 13.8 Å². The van der Waals surface area contributed by atoms with Crippen LogP contribution < -0.4 is 0 Å². The van der Waals surface area contributed by atoms with E-state index < -0.39 is 6.43 Å². The summed E-state index contributed by atoms with van der Waals surface area (Å²) < 4.78 is 26.8. The Balaban J connectivity index is 2.70. The van der Waals surface area contributed by atoms with Gasteiger partial charge in [-0.05, 0) is 22.0 Å². The second kappa shape index (κ2) is 3.06. The molecule has 0 atom stereocenters. The minimum Gasteiger partial charge on any atom is -0.306 e. The van der Waals surface area contributed by atoms with E-state index >= 15 is 0 Å². The van der Waals surface area contributed by atoms with E-state index in [0.717, 1.165) is 0 Å². The number of rotatable bonds is 1. The lowest BCUT2D eigenvalue weighted by Crippen LogP contribution is -1.91. The molecule has 0 N–H and O–H groups in total. The summed E-state index contributed by atoms with van der Waals surface area (Å²) in [5.74, 6) is 0. The molecule has 5 heteroatoms. The smallest absolute Gasteiger partial charge is 0.265 e. The quantitative estimate of drug-likeness (QED) is 0.757. The Morgan fingerprint density at radius 2 is 2.23 bits per heavy atom. The van der Waals surface area contributed by atoms with Crippen LogP contribution in [-0.2, 0) is 0 Å². The largest absolute Gasteiger partial charge is 0.306 e. The number of pyridine rings is 1. The summed E-state index contributed by atoms with van der Waals surface area (Å²) in [6, 6.07) is 1.38. The van der Waals surface area contributed by atoms with Crippen LogP contribution in [0.1, 0.15) is 12.0 Å². The molecule has 13 heavy (non-hydrogen) atoms. The van der Waals surface area contributed by atoms with E-state index in [1.807, 2.05) is 0 Å². The second-order valence-corrected chi connectivity index (χ2v) is 3.43. The van der Waals surface area contributed by atoms with Crippen LogP contribution in [0.5, 0.6) is 0 Å². The predicted octanol–water partition coefficient (Wildman–Crippen LogP) is 3.03. The summed E-state index contributed by atoms with van der Waals surface area (Å²) in [5, 5.41) is 0. The van der Waals surface area contributed by atoms with Gasteiger partial charge in [0.05, 0.1) is 4.47 Å². The van der Waals surface area contributed by atoms with Crippen LogP contribution in [0.25, 0.3) is 5.65 Å². The molecule has 0 saturated carbocycles. The molecular weight excluding hydrogens is 242 g/mol. The highest BCUT2D eigenvalue weighted by Gasteiger charge is 2.10. The third-order valence-corrected chi connectivity index (χ3v) is 2.30. The van der Waals surface area contributed by atoms with Crippen LogP contribution in [0.15, 0.2) is 29.1 Å². The van der Waals surface area contributed by atoms with Crippen LogP contribution in [0, 0.1) is 0 Å². The van der Waals surface area contributed by atoms with Crippen molar-refractivity contribution in [2.75, 3.05) is 0 Å². The van der Waals surface area contributed by atoms with Crippen molar-refractivity contribution in [3.05, 3.63) is 34.7 Å². The molecule has 0 radical (unpaired) electrons. The predicted molar refractivity (Wildman–Crippen MR) is 47.8 cm³/mol. The summed E-state index contributed by atoms with van der Waals surface area (Å²) in [7, 11) is 0. The number of halogens is 3. The number of fused-ring (bicyclic) bond motifs is 1. The van der Waals surface area contributed by atoms with Gasteiger partial charge in [0, 0.05) is 24.2 Å². The lowest BCUT2D eigenvalue weighted by Gasteiger charge is -2.02. The Hall–Kier alpha value is -0.970. The second-order valence-electron chi connectivity index (χ2n) is 2.58. The van der Waals surface area contributed by atoms with E-state index in [-0.39, 0.29) is 5.56 Å². The first-order valence-corrected chi connectivity index (χ1v) is 4.38. The van der Waals surface area contributed by atoms with Crippen LogP contribution in [0.3, 0.4) is 0 Å². The van der Waals surface area contributed by atoms with Crippen LogP contribution >= 0.6 is 15.9 Å². The Bertz CT molecular complexity index is 439. The van der Waals surface area contributed by atoms with Crippen molar-refractivity contribution < 1.29 is 8.78 Å². The number of aromatic nitrogens is 2. The van der Waals surface area contributed by atoms with Crippen molar-refractivity contribution in [2.45, 2.75) is 6.43 Å². The van der Waals surface area contributed by atoms with Crippen molar-refractivity contribution >= 4 is 21.6 Å². The molecule has 0 fully saturated rings. The van der Waals surface area contributed by atoms with E-state index in [0.29, 0.717) is 10.1 Å². The van der Waals surface area contributed by atoms with Crippen molar-refractivity contribution in [3.8, 4) is 0 Å². The zero-order valence-electron chi connectivity index (χ0n) is 6.42. The number of imidazole rings is 1. The molecule has 0 aliphatic heterocycles. The fourth-order valence-electron chi connectivity index (χ4n) is 1.13. The third-order valence-electron chi connectivity index (χ3n) is 1.72. The minimum atomic E-state index is -2.46. The topological polar surface area (TPSA) is 17.3 Å². The zero-order valence-corrected chi connectivity index (χ0v) is 8.00. The highest BCUT2D eigenvalue weighted by atomic mass is 79.9. The van der Waals surface area contributed by atoms with Crippen LogP contribution in [0.2, 0.25) is 0 Å². The Morgan fingerprint density at radius 3 is 2.92 bits per heavy atom. The van der Waals surface area contributed by atoms with Gasteiger partial charge >= 0.3 is 0 Å². The molecule has 0 saturated heterocycles. The molecule has 0 amide bonds. The summed E-state index contributed by atoms with van der Waals surface area (Å²) in [5.41, 5.74) is 0.627. The minimum absolute atomic E-state index is 0.0163. The van der Waals surface area contributed by atoms with Crippen molar-refractivity contribution in [1.82, 2.24) is 9.38 Å². The molecule has 68 valence electrons. The fourth-order valence-corrected chi connectivity index (χ4v) is 1.70. The van der Waals surface area contributed by atoms with Gasteiger partial charge in [-0.2, -0.15) is 0 Å². The summed E-state index contributed by atoms with van der Waals surface area (Å²) in [6.45, 7) is 0. The summed E-state index contributed by atoms with van der Waals surface area (Å²) in [6.07, 6.45) is 2.11. The molecule has 0 aromatic carbocycles. The van der Waals surface area contributed by atoms with Gasteiger partial charge in [0.1, 0.15) is 0 Å². The van der Waals surface area contributed by atoms with Gasteiger partial charge in [-0.15, -0.1) is 0 Å². The maximum atomic E-state index is 12.3. The number of alkyl halides is 2. The van der Waals surface area contributed by atoms with Crippen molar-refractivity contribution in [2.24, 2.45) is 0 Å². The van der Waals surface area contributed by atoms with E-state index in [1.165, 1.54) is 12.3 Å². The van der Waals surface area contributed by atoms with Crippen molar-refractivity contribution in [1.29, 1.82) is 0 Å². The maximum Gasteiger partial charge on any atom is 0.265 e. The average molecular weight is 247 g/mol. The van der Waals surface area contributed by atoms with Gasteiger partial charge in [-0.3, -0.25) is 0 Å². The molecule has 2 rings (SSSR count). The van der Waals surface area contributed by atoms with E-state index in [1.54, 1.807) is 16.8 Å². The number of nitrogens with zero attached hydrogens (tertiary/aromatic N) is 2. The Kier molecular flexibility index (Phi) is 2.03. The SMILES string of the molecule is FC(F)c1cc(Br)c2nccn2c1. The maximum absolute atomic E-state index is 12.3. The Morgan fingerprint density at radius 1 is 1.46 bits per heavy atom. The third kappa shape index (κ3) is 1.44. The van der Waals surface area contributed by atoms with Gasteiger partial charge in [0.15, 0.2) is 5.65 Å². The molecule has 2 aromatic rings. The molecule has 0 unspecified atom stereocenters. The first kappa shape index (κ1) is 8.62. The normalized spacial score (nSPS) is 11.4. The molecule has 2 heterocycles. The van der Waals surface area contributed by atoms with E-state index in [2.05, 4.69) is 20.9 Å². The first-order valence-electron chi connectivity index (χ1n) is 3.59. The summed E-state index contributed by atoms with van der Waals surface area (Å²) >= 11 is 3.18. The molecule has 2 aromatic heterocycles. The van der Waals surface area contributed by atoms with Crippen LogP contribution in [0.4, 0.5) is 8.78 Å². The van der Waals surface area contributed by atoms with Gasteiger partial charge in [0.25, 0.3) is 6.43 Å². The highest BCUT2D eigenvalue weighted by molar-refractivity contribution is 9.10.